The van der Waals surface area contributed by atoms with Gasteiger partial charge < -0.3 is 24.6 Å². The molecule has 28 heavy (non-hydrogen) atoms. The molecule has 0 spiro atoms. The highest BCUT2D eigenvalue weighted by Gasteiger charge is 2.39. The molecule has 3 rings (SSSR count). The summed E-state index contributed by atoms with van der Waals surface area (Å²) in [7, 11) is 1.53. The first-order valence-corrected chi connectivity index (χ1v) is 8.93. The Morgan fingerprint density at radius 2 is 1.82 bits per heavy atom. The Morgan fingerprint density at radius 3 is 2.46 bits per heavy atom. The van der Waals surface area contributed by atoms with E-state index in [4.69, 9.17) is 14.2 Å². The van der Waals surface area contributed by atoms with Gasteiger partial charge in [-0.05, 0) is 43.7 Å². The minimum atomic E-state index is -1.16. The number of hydrogen-bond acceptors (Lipinski definition) is 5. The van der Waals surface area contributed by atoms with Crippen LogP contribution in [0.1, 0.15) is 25.8 Å². The monoisotopic (exact) mass is 385 g/mol. The zero-order valence-corrected chi connectivity index (χ0v) is 16.0. The fourth-order valence-electron chi connectivity index (χ4n) is 3.24. The van der Waals surface area contributed by atoms with E-state index in [1.165, 1.54) is 7.11 Å². The molecule has 1 aliphatic rings. The molecule has 0 fully saturated rings. The van der Waals surface area contributed by atoms with E-state index in [1.54, 1.807) is 56.3 Å². The maximum absolute atomic E-state index is 13.0. The number of para-hydroxylation sites is 2. The van der Waals surface area contributed by atoms with Gasteiger partial charge in [0.05, 0.1) is 19.1 Å². The zero-order valence-electron chi connectivity index (χ0n) is 16.0. The maximum Gasteiger partial charge on any atom is 0.306 e. The number of ether oxygens (including phenoxy) is 3. The van der Waals surface area contributed by atoms with Gasteiger partial charge in [0.15, 0.2) is 11.5 Å². The van der Waals surface area contributed by atoms with Crippen LogP contribution in [-0.4, -0.2) is 36.3 Å². The number of aliphatic carboxylic acids is 1. The summed E-state index contributed by atoms with van der Waals surface area (Å²) in [6, 6.07) is 14.1. The molecule has 0 bridgehead atoms. The second-order valence-corrected chi connectivity index (χ2v) is 6.93. The number of carboxylic acid groups (broad SMARTS) is 1. The lowest BCUT2D eigenvalue weighted by Gasteiger charge is -2.35. The quantitative estimate of drug-likeness (QED) is 0.794. The molecule has 7 heteroatoms. The van der Waals surface area contributed by atoms with Crippen molar-refractivity contribution in [2.45, 2.75) is 38.0 Å². The van der Waals surface area contributed by atoms with E-state index in [-0.39, 0.29) is 6.42 Å². The van der Waals surface area contributed by atoms with Gasteiger partial charge in [0.25, 0.3) is 5.91 Å². The molecule has 0 saturated carbocycles. The number of rotatable bonds is 6. The fourth-order valence-corrected chi connectivity index (χ4v) is 3.24. The summed E-state index contributed by atoms with van der Waals surface area (Å²) >= 11 is 0. The summed E-state index contributed by atoms with van der Waals surface area (Å²) in [5.41, 5.74) is -0.537. The number of fused-ring (bicyclic) bond motifs is 1. The van der Waals surface area contributed by atoms with Crippen LogP contribution in [-0.2, 0) is 15.1 Å². The highest BCUT2D eigenvalue weighted by molar-refractivity contribution is 5.84. The number of benzene rings is 2. The van der Waals surface area contributed by atoms with Crippen LogP contribution in [0.15, 0.2) is 48.5 Å². The molecule has 3 unspecified atom stereocenters. The van der Waals surface area contributed by atoms with E-state index in [0.717, 1.165) is 0 Å². The van der Waals surface area contributed by atoms with E-state index >= 15 is 0 Å². The van der Waals surface area contributed by atoms with E-state index in [1.807, 2.05) is 6.07 Å². The molecule has 148 valence electrons. The first-order chi connectivity index (χ1) is 13.3. The Morgan fingerprint density at radius 1 is 1.14 bits per heavy atom. The molecular formula is C21H23NO6. The Balaban J connectivity index is 1.86. The molecule has 0 aliphatic carbocycles. The zero-order chi connectivity index (χ0) is 20.3. The van der Waals surface area contributed by atoms with Crippen molar-refractivity contribution in [2.75, 3.05) is 7.11 Å². The predicted molar refractivity (Wildman–Crippen MR) is 102 cm³/mol. The van der Waals surface area contributed by atoms with Crippen molar-refractivity contribution in [3.05, 3.63) is 54.1 Å². The van der Waals surface area contributed by atoms with Crippen LogP contribution in [0.25, 0.3) is 0 Å². The predicted octanol–water partition coefficient (Wildman–Crippen LogP) is 2.73. The van der Waals surface area contributed by atoms with Crippen molar-refractivity contribution in [3.63, 3.8) is 0 Å². The summed E-state index contributed by atoms with van der Waals surface area (Å²) in [5, 5.41) is 12.2. The smallest absolute Gasteiger partial charge is 0.306 e. The molecule has 0 radical (unpaired) electrons. The largest absolute Gasteiger partial charge is 0.497 e. The molecule has 0 saturated heterocycles. The minimum absolute atomic E-state index is 0.301. The number of nitrogens with one attached hydrogen (secondary N) is 1. The molecular weight excluding hydrogens is 362 g/mol. The number of amides is 1. The SMILES string of the molecule is COc1cccc(C(C)(CC(=O)O)NC(=O)C2Oc3ccccc3OC2C)c1. The average Bonchev–Trinajstić information content (AvgIpc) is 2.66. The van der Waals surface area contributed by atoms with E-state index < -0.39 is 29.6 Å². The molecule has 2 aromatic carbocycles. The van der Waals surface area contributed by atoms with Gasteiger partial charge in [-0.15, -0.1) is 0 Å². The Labute approximate surface area is 163 Å². The lowest BCUT2D eigenvalue weighted by molar-refractivity contribution is -0.140. The summed E-state index contributed by atoms with van der Waals surface area (Å²) in [6.45, 7) is 3.40. The van der Waals surface area contributed by atoms with Crippen molar-refractivity contribution in [2.24, 2.45) is 0 Å². The fraction of sp³-hybridized carbons (Fsp3) is 0.333. The first kappa shape index (κ1) is 19.5. The van der Waals surface area contributed by atoms with Crippen molar-refractivity contribution < 1.29 is 28.9 Å². The summed E-state index contributed by atoms with van der Waals surface area (Å²) in [4.78, 5) is 24.5. The van der Waals surface area contributed by atoms with Gasteiger partial charge in [-0.25, -0.2) is 0 Å². The van der Waals surface area contributed by atoms with E-state index in [9.17, 15) is 14.7 Å². The average molecular weight is 385 g/mol. The molecule has 1 amide bonds. The van der Waals surface area contributed by atoms with Crippen molar-refractivity contribution in [1.29, 1.82) is 0 Å². The van der Waals surface area contributed by atoms with Crippen LogP contribution in [0.3, 0.4) is 0 Å². The van der Waals surface area contributed by atoms with Gasteiger partial charge in [0.2, 0.25) is 6.10 Å². The number of carbonyl (C=O) groups excluding carboxylic acids is 1. The standard InChI is InChI=1S/C21H23NO6/c1-13-19(28-17-10-5-4-9-16(17)27-13)20(25)22-21(2,12-18(23)24)14-7-6-8-15(11-14)26-3/h4-11,13,19H,12H2,1-3H3,(H,22,25)(H,23,24). The number of methoxy groups -OCH3 is 1. The van der Waals surface area contributed by atoms with E-state index in [2.05, 4.69) is 5.32 Å². The Bertz CT molecular complexity index is 883. The van der Waals surface area contributed by atoms with Crippen LogP contribution >= 0.6 is 0 Å². The number of hydrogen-bond donors (Lipinski definition) is 2. The Hall–Kier alpha value is -3.22. The van der Waals surface area contributed by atoms with Gasteiger partial charge in [-0.1, -0.05) is 24.3 Å². The second kappa shape index (κ2) is 7.80. The minimum Gasteiger partial charge on any atom is -0.497 e. The molecule has 1 aliphatic heterocycles. The van der Waals surface area contributed by atoms with Gasteiger partial charge in [0, 0.05) is 0 Å². The number of carbonyl (C=O) groups is 2. The van der Waals surface area contributed by atoms with Crippen LogP contribution in [0, 0.1) is 0 Å². The lowest BCUT2D eigenvalue weighted by atomic mass is 9.88. The third kappa shape index (κ3) is 4.03. The Kier molecular flexibility index (Phi) is 5.44. The molecule has 7 nitrogen and oxygen atoms in total. The molecule has 2 N–H and O–H groups in total. The molecule has 1 heterocycles. The van der Waals surface area contributed by atoms with Crippen LogP contribution in [0.5, 0.6) is 17.2 Å². The van der Waals surface area contributed by atoms with Crippen LogP contribution < -0.4 is 19.5 Å². The molecule has 3 atom stereocenters. The maximum atomic E-state index is 13.0. The van der Waals surface area contributed by atoms with Gasteiger partial charge in [-0.3, -0.25) is 9.59 Å². The topological polar surface area (TPSA) is 94.1 Å². The molecule has 2 aromatic rings. The van der Waals surface area contributed by atoms with Crippen molar-refractivity contribution in [3.8, 4) is 17.2 Å². The van der Waals surface area contributed by atoms with Gasteiger partial charge in [-0.2, -0.15) is 0 Å². The van der Waals surface area contributed by atoms with Crippen LogP contribution in [0.4, 0.5) is 0 Å². The molecule has 0 aromatic heterocycles. The van der Waals surface area contributed by atoms with Crippen LogP contribution in [0.2, 0.25) is 0 Å². The third-order valence-corrected chi connectivity index (χ3v) is 4.71. The lowest BCUT2D eigenvalue weighted by Crippen LogP contribution is -2.55. The van der Waals surface area contributed by atoms with Gasteiger partial charge in [0.1, 0.15) is 11.9 Å². The first-order valence-electron chi connectivity index (χ1n) is 8.93. The summed E-state index contributed by atoms with van der Waals surface area (Å²) in [6.07, 6.45) is -1.74. The second-order valence-electron chi connectivity index (χ2n) is 6.93. The van der Waals surface area contributed by atoms with Crippen molar-refractivity contribution in [1.82, 2.24) is 5.32 Å². The third-order valence-electron chi connectivity index (χ3n) is 4.71. The van der Waals surface area contributed by atoms with E-state index in [0.29, 0.717) is 22.8 Å². The highest BCUT2D eigenvalue weighted by atomic mass is 16.6. The normalized spacial score (nSPS) is 20.0. The summed E-state index contributed by atoms with van der Waals surface area (Å²) in [5.74, 6) is 0.128. The van der Waals surface area contributed by atoms with Crippen molar-refractivity contribution >= 4 is 11.9 Å². The number of carboxylic acids is 1. The highest BCUT2D eigenvalue weighted by Crippen LogP contribution is 2.34. The van der Waals surface area contributed by atoms with Gasteiger partial charge >= 0.3 is 5.97 Å². The summed E-state index contributed by atoms with van der Waals surface area (Å²) < 4.78 is 16.8.